The molecule has 0 aliphatic carbocycles. The molecule has 3 nitrogen and oxygen atoms in total. The molecule has 0 atom stereocenters. The second-order valence-electron chi connectivity index (χ2n) is 6.36. The zero-order chi connectivity index (χ0) is 18.9. The highest BCUT2D eigenvalue weighted by molar-refractivity contribution is 6.34. The number of carbonyl (C=O) groups is 1. The van der Waals surface area contributed by atoms with Gasteiger partial charge >= 0.3 is 6.18 Å². The van der Waals surface area contributed by atoms with Crippen LogP contribution >= 0.6 is 11.6 Å². The Morgan fingerprint density at radius 2 is 1.81 bits per heavy atom. The third-order valence-corrected chi connectivity index (χ3v) is 4.70. The van der Waals surface area contributed by atoms with E-state index in [1.54, 1.807) is 18.2 Å². The number of benzene rings is 2. The maximum atomic E-state index is 13.1. The summed E-state index contributed by atoms with van der Waals surface area (Å²) in [7, 11) is 0. The maximum Gasteiger partial charge on any atom is 0.416 e. The summed E-state index contributed by atoms with van der Waals surface area (Å²) in [5.41, 5.74) is 1.05. The fourth-order valence-electron chi connectivity index (χ4n) is 3.04. The number of aryl methyl sites for hydroxylation is 1. The van der Waals surface area contributed by atoms with Crippen LogP contribution in [0.5, 0.6) is 0 Å². The van der Waals surface area contributed by atoms with Gasteiger partial charge in [-0.3, -0.25) is 4.79 Å². The monoisotopic (exact) mass is 382 g/mol. The van der Waals surface area contributed by atoms with E-state index in [0.717, 1.165) is 43.6 Å². The highest BCUT2D eigenvalue weighted by Gasteiger charge is 2.32. The van der Waals surface area contributed by atoms with Crippen LogP contribution in [0, 0.1) is 6.92 Å². The van der Waals surface area contributed by atoms with Gasteiger partial charge in [0.2, 0.25) is 0 Å². The molecule has 7 heteroatoms. The van der Waals surface area contributed by atoms with Gasteiger partial charge in [-0.15, -0.1) is 0 Å². The number of anilines is 2. The molecular formula is C19H18ClF3N2O. The Bertz CT molecular complexity index is 830. The summed E-state index contributed by atoms with van der Waals surface area (Å²) >= 11 is 6.11. The van der Waals surface area contributed by atoms with Crippen molar-refractivity contribution in [2.75, 3.05) is 23.3 Å². The Morgan fingerprint density at radius 3 is 2.42 bits per heavy atom. The van der Waals surface area contributed by atoms with Crippen LogP contribution in [0.2, 0.25) is 5.02 Å². The number of nitrogens with zero attached hydrogens (tertiary/aromatic N) is 1. The SMILES string of the molecule is Cc1ccc(C(=O)Nc2cc(C(F)(F)F)ccc2N2CCCC2)c(Cl)c1. The van der Waals surface area contributed by atoms with Crippen LogP contribution in [-0.2, 0) is 6.18 Å². The molecule has 0 unspecified atom stereocenters. The minimum absolute atomic E-state index is 0.142. The predicted octanol–water partition coefficient (Wildman–Crippen LogP) is 5.52. The number of hydrogen-bond donors (Lipinski definition) is 1. The minimum Gasteiger partial charge on any atom is -0.370 e. The van der Waals surface area contributed by atoms with Crippen molar-refractivity contribution < 1.29 is 18.0 Å². The van der Waals surface area contributed by atoms with E-state index >= 15 is 0 Å². The van der Waals surface area contributed by atoms with Gasteiger partial charge in [0.25, 0.3) is 5.91 Å². The smallest absolute Gasteiger partial charge is 0.370 e. The number of rotatable bonds is 3. The summed E-state index contributed by atoms with van der Waals surface area (Å²) in [5, 5.41) is 2.87. The Morgan fingerprint density at radius 1 is 1.12 bits per heavy atom. The molecule has 26 heavy (non-hydrogen) atoms. The Kier molecular flexibility index (Phi) is 5.14. The summed E-state index contributed by atoms with van der Waals surface area (Å²) in [5.74, 6) is -0.533. The molecule has 0 bridgehead atoms. The number of nitrogens with one attached hydrogen (secondary N) is 1. The van der Waals surface area contributed by atoms with Crippen LogP contribution < -0.4 is 10.2 Å². The number of hydrogen-bond acceptors (Lipinski definition) is 2. The number of alkyl halides is 3. The Hall–Kier alpha value is -2.21. The largest absolute Gasteiger partial charge is 0.416 e. The van der Waals surface area contributed by atoms with Crippen LogP contribution in [0.25, 0.3) is 0 Å². The molecule has 0 aromatic heterocycles. The number of amides is 1. The van der Waals surface area contributed by atoms with Gasteiger partial charge < -0.3 is 10.2 Å². The maximum absolute atomic E-state index is 13.1. The molecule has 0 spiro atoms. The predicted molar refractivity (Wildman–Crippen MR) is 97.0 cm³/mol. The molecular weight excluding hydrogens is 365 g/mol. The van der Waals surface area contributed by atoms with Crippen molar-refractivity contribution in [2.45, 2.75) is 25.9 Å². The zero-order valence-electron chi connectivity index (χ0n) is 14.2. The van der Waals surface area contributed by atoms with E-state index in [0.29, 0.717) is 5.69 Å². The van der Waals surface area contributed by atoms with Crippen molar-refractivity contribution in [3.63, 3.8) is 0 Å². The lowest BCUT2D eigenvalue weighted by molar-refractivity contribution is -0.137. The Labute approximate surface area is 154 Å². The first kappa shape index (κ1) is 18.6. The first-order valence-corrected chi connectivity index (χ1v) is 8.67. The van der Waals surface area contributed by atoms with Crippen LogP contribution in [0.4, 0.5) is 24.5 Å². The molecule has 2 aromatic carbocycles. The molecule has 1 heterocycles. The minimum atomic E-state index is -4.48. The van der Waals surface area contributed by atoms with Crippen LogP contribution in [0.1, 0.15) is 34.3 Å². The first-order chi connectivity index (χ1) is 12.3. The van der Waals surface area contributed by atoms with Crippen molar-refractivity contribution in [2.24, 2.45) is 0 Å². The van der Waals surface area contributed by atoms with Crippen molar-refractivity contribution >= 4 is 28.9 Å². The molecule has 0 radical (unpaired) electrons. The van der Waals surface area contributed by atoms with E-state index in [-0.39, 0.29) is 16.3 Å². The van der Waals surface area contributed by atoms with Crippen molar-refractivity contribution in [1.29, 1.82) is 0 Å². The molecule has 1 fully saturated rings. The normalized spacial score (nSPS) is 14.6. The summed E-state index contributed by atoms with van der Waals surface area (Å²) in [6, 6.07) is 8.38. The van der Waals surface area contributed by atoms with Crippen LogP contribution in [-0.4, -0.2) is 19.0 Å². The highest BCUT2D eigenvalue weighted by atomic mass is 35.5. The molecule has 1 amide bonds. The second kappa shape index (κ2) is 7.19. The van der Waals surface area contributed by atoms with Gasteiger partial charge in [-0.2, -0.15) is 13.2 Å². The molecule has 3 rings (SSSR count). The zero-order valence-corrected chi connectivity index (χ0v) is 14.9. The Balaban J connectivity index is 1.96. The molecule has 1 saturated heterocycles. The quantitative estimate of drug-likeness (QED) is 0.758. The lowest BCUT2D eigenvalue weighted by Gasteiger charge is -2.23. The molecule has 1 aliphatic rings. The summed E-state index contributed by atoms with van der Waals surface area (Å²) in [6.07, 6.45) is -2.54. The average molecular weight is 383 g/mol. The van der Waals surface area contributed by atoms with Gasteiger partial charge in [-0.05, 0) is 55.7 Å². The van der Waals surface area contributed by atoms with Gasteiger partial charge in [0.15, 0.2) is 0 Å². The third kappa shape index (κ3) is 3.96. The van der Waals surface area contributed by atoms with Gasteiger partial charge in [-0.1, -0.05) is 17.7 Å². The van der Waals surface area contributed by atoms with Crippen molar-refractivity contribution in [1.82, 2.24) is 0 Å². The van der Waals surface area contributed by atoms with Crippen molar-refractivity contribution in [3.8, 4) is 0 Å². The van der Waals surface area contributed by atoms with E-state index in [2.05, 4.69) is 5.32 Å². The summed E-state index contributed by atoms with van der Waals surface area (Å²) in [4.78, 5) is 14.6. The first-order valence-electron chi connectivity index (χ1n) is 8.29. The van der Waals surface area contributed by atoms with E-state index in [9.17, 15) is 18.0 Å². The molecule has 1 N–H and O–H groups in total. The van der Waals surface area contributed by atoms with E-state index in [1.165, 1.54) is 6.07 Å². The van der Waals surface area contributed by atoms with Crippen LogP contribution in [0.15, 0.2) is 36.4 Å². The number of halogens is 4. The average Bonchev–Trinajstić information content (AvgIpc) is 3.08. The lowest BCUT2D eigenvalue weighted by atomic mass is 10.1. The van der Waals surface area contributed by atoms with Gasteiger partial charge in [0, 0.05) is 13.1 Å². The highest BCUT2D eigenvalue weighted by Crippen LogP contribution is 2.37. The lowest BCUT2D eigenvalue weighted by Crippen LogP contribution is -2.22. The molecule has 2 aromatic rings. The van der Waals surface area contributed by atoms with Gasteiger partial charge in [0.05, 0.1) is 27.5 Å². The standard InChI is InChI=1S/C19H18ClF3N2O/c1-12-4-6-14(15(20)10-12)18(26)24-16-11-13(19(21,22)23)5-7-17(16)25-8-2-3-9-25/h4-7,10-11H,2-3,8-9H2,1H3,(H,24,26). The fraction of sp³-hybridized carbons (Fsp3) is 0.316. The fourth-order valence-corrected chi connectivity index (χ4v) is 3.36. The van der Waals surface area contributed by atoms with Crippen LogP contribution in [0.3, 0.4) is 0 Å². The van der Waals surface area contributed by atoms with E-state index in [1.807, 2.05) is 11.8 Å². The molecule has 138 valence electrons. The summed E-state index contributed by atoms with van der Waals surface area (Å²) in [6.45, 7) is 3.34. The van der Waals surface area contributed by atoms with E-state index in [4.69, 9.17) is 11.6 Å². The summed E-state index contributed by atoms with van der Waals surface area (Å²) < 4.78 is 39.3. The third-order valence-electron chi connectivity index (χ3n) is 4.39. The van der Waals surface area contributed by atoms with Gasteiger partial charge in [0.1, 0.15) is 0 Å². The van der Waals surface area contributed by atoms with E-state index < -0.39 is 17.6 Å². The second-order valence-corrected chi connectivity index (χ2v) is 6.77. The number of carbonyl (C=O) groups excluding carboxylic acids is 1. The molecule has 1 aliphatic heterocycles. The van der Waals surface area contributed by atoms with Gasteiger partial charge in [-0.25, -0.2) is 0 Å². The van der Waals surface area contributed by atoms with Crippen molar-refractivity contribution in [3.05, 3.63) is 58.1 Å². The molecule has 0 saturated carbocycles. The topological polar surface area (TPSA) is 32.3 Å².